The largest absolute Gasteiger partial charge is 0.481 e. The molecule has 2 N–H and O–H groups in total. The Hall–Kier alpha value is -1.59. The van der Waals surface area contributed by atoms with Crippen LogP contribution in [0.2, 0.25) is 0 Å². The zero-order valence-corrected chi connectivity index (χ0v) is 18.8. The zero-order chi connectivity index (χ0) is 22.2. The monoisotopic (exact) mass is 414 g/mol. The van der Waals surface area contributed by atoms with Crippen molar-refractivity contribution in [2.45, 2.75) is 98.3 Å². The van der Waals surface area contributed by atoms with Gasteiger partial charge in [-0.1, -0.05) is 66.2 Å². The first kappa shape index (κ1) is 27.4. The minimum atomic E-state index is -0.970. The van der Waals surface area contributed by atoms with Gasteiger partial charge in [-0.25, -0.2) is 0 Å². The van der Waals surface area contributed by atoms with Gasteiger partial charge in [0.1, 0.15) is 0 Å². The van der Waals surface area contributed by atoms with Crippen LogP contribution in [0, 0.1) is 23.7 Å². The van der Waals surface area contributed by atoms with Crippen LogP contribution in [0.25, 0.3) is 0 Å². The summed E-state index contributed by atoms with van der Waals surface area (Å²) in [5, 5.41) is 17.4. The van der Waals surface area contributed by atoms with Crippen molar-refractivity contribution in [2.75, 3.05) is 6.61 Å². The van der Waals surface area contributed by atoms with Crippen LogP contribution < -0.4 is 0 Å². The highest BCUT2D eigenvalue weighted by Crippen LogP contribution is 2.30. The number of carboxylic acids is 2. The van der Waals surface area contributed by atoms with Crippen LogP contribution in [0.4, 0.5) is 0 Å². The first-order valence-electron chi connectivity index (χ1n) is 11.4. The molecule has 0 spiro atoms. The average molecular weight is 415 g/mol. The van der Waals surface area contributed by atoms with Gasteiger partial charge in [0.25, 0.3) is 0 Å². The van der Waals surface area contributed by atoms with Crippen molar-refractivity contribution in [1.82, 2.24) is 0 Å². The molecular weight excluding hydrogens is 372 g/mol. The van der Waals surface area contributed by atoms with E-state index < -0.39 is 23.8 Å². The number of rotatable bonds is 12. The number of carbonyl (C=O) groups excluding carboxylic acids is 1. The van der Waals surface area contributed by atoms with E-state index in [1.54, 1.807) is 0 Å². The molecule has 0 radical (unpaired) electrons. The Labute approximate surface area is 176 Å². The predicted molar refractivity (Wildman–Crippen MR) is 114 cm³/mol. The number of hydrogen-bond donors (Lipinski definition) is 2. The molecule has 170 valence electrons. The SMILES string of the molecule is CCCCCCOC(=O)C(CC)CCC(C)C.O=C(O)C1CCCCC1C(=O)O. The molecule has 6 nitrogen and oxygen atoms in total. The van der Waals surface area contributed by atoms with E-state index in [9.17, 15) is 14.4 Å². The highest BCUT2D eigenvalue weighted by Gasteiger charge is 2.35. The summed E-state index contributed by atoms with van der Waals surface area (Å²) in [5.41, 5.74) is 0. The van der Waals surface area contributed by atoms with Gasteiger partial charge in [-0.15, -0.1) is 0 Å². The van der Waals surface area contributed by atoms with Crippen molar-refractivity contribution < 1.29 is 29.3 Å². The third-order valence-corrected chi connectivity index (χ3v) is 5.56. The minimum Gasteiger partial charge on any atom is -0.481 e. The fourth-order valence-electron chi connectivity index (χ4n) is 3.56. The van der Waals surface area contributed by atoms with E-state index in [4.69, 9.17) is 14.9 Å². The Kier molecular flexibility index (Phi) is 15.3. The predicted octanol–water partition coefficient (Wildman–Crippen LogP) is 5.53. The Bertz CT molecular complexity index is 452. The maximum absolute atomic E-state index is 11.8. The van der Waals surface area contributed by atoms with Crippen molar-refractivity contribution in [2.24, 2.45) is 23.7 Å². The summed E-state index contributed by atoms with van der Waals surface area (Å²) in [6.07, 6.45) is 10.3. The fourth-order valence-corrected chi connectivity index (χ4v) is 3.56. The number of hydrogen-bond acceptors (Lipinski definition) is 4. The molecule has 1 saturated carbocycles. The van der Waals surface area contributed by atoms with Gasteiger partial charge in [0.2, 0.25) is 0 Å². The van der Waals surface area contributed by atoms with Crippen LogP contribution in [0.15, 0.2) is 0 Å². The average Bonchev–Trinajstić information content (AvgIpc) is 2.68. The summed E-state index contributed by atoms with van der Waals surface area (Å²) in [7, 11) is 0. The molecule has 0 saturated heterocycles. The van der Waals surface area contributed by atoms with Gasteiger partial charge in [0.05, 0.1) is 24.4 Å². The lowest BCUT2D eigenvalue weighted by Gasteiger charge is -2.24. The molecule has 0 aromatic heterocycles. The number of esters is 1. The van der Waals surface area contributed by atoms with Crippen LogP contribution in [0.1, 0.15) is 98.3 Å². The molecule has 0 aromatic carbocycles. The van der Waals surface area contributed by atoms with Crippen LogP contribution in [0.3, 0.4) is 0 Å². The van der Waals surface area contributed by atoms with Gasteiger partial charge < -0.3 is 14.9 Å². The van der Waals surface area contributed by atoms with E-state index in [-0.39, 0.29) is 11.9 Å². The van der Waals surface area contributed by atoms with Crippen molar-refractivity contribution in [3.05, 3.63) is 0 Å². The summed E-state index contributed by atoms with van der Waals surface area (Å²) in [4.78, 5) is 33.0. The molecular formula is C23H42O6. The summed E-state index contributed by atoms with van der Waals surface area (Å²) in [6.45, 7) is 9.26. The molecule has 1 aliphatic carbocycles. The number of carboxylic acid groups (broad SMARTS) is 2. The maximum Gasteiger partial charge on any atom is 0.308 e. The molecule has 1 fully saturated rings. The van der Waals surface area contributed by atoms with Crippen molar-refractivity contribution in [3.63, 3.8) is 0 Å². The molecule has 0 heterocycles. The molecule has 0 bridgehead atoms. The molecule has 1 rings (SSSR count). The first-order valence-corrected chi connectivity index (χ1v) is 11.4. The van der Waals surface area contributed by atoms with E-state index in [0.29, 0.717) is 25.4 Å². The number of ether oxygens (including phenoxy) is 1. The second-order valence-electron chi connectivity index (χ2n) is 8.48. The molecule has 0 aromatic rings. The van der Waals surface area contributed by atoms with E-state index in [1.165, 1.54) is 19.3 Å². The normalized spacial score (nSPS) is 19.8. The fraction of sp³-hybridized carbons (Fsp3) is 0.870. The first-order chi connectivity index (χ1) is 13.7. The van der Waals surface area contributed by atoms with Crippen LogP contribution >= 0.6 is 0 Å². The standard InChI is InChI=1S/C15H30O2.C8H12O4/c1-5-7-8-9-12-17-15(16)14(6-2)11-10-13(3)4;9-7(10)5-3-1-2-4-6(5)8(11)12/h13-14H,5-12H2,1-4H3;5-6H,1-4H2,(H,9,10)(H,11,12). The lowest BCUT2D eigenvalue weighted by Crippen LogP contribution is -2.32. The molecule has 1 aliphatic rings. The molecule has 3 atom stereocenters. The van der Waals surface area contributed by atoms with Crippen LogP contribution in [-0.2, 0) is 19.1 Å². The van der Waals surface area contributed by atoms with E-state index in [0.717, 1.165) is 38.5 Å². The smallest absolute Gasteiger partial charge is 0.308 e. The van der Waals surface area contributed by atoms with E-state index in [2.05, 4.69) is 27.7 Å². The number of aliphatic carboxylic acids is 2. The molecule has 0 aliphatic heterocycles. The van der Waals surface area contributed by atoms with Gasteiger partial charge in [-0.2, -0.15) is 0 Å². The minimum absolute atomic E-state index is 0.0182. The number of carbonyl (C=O) groups is 3. The Morgan fingerprint density at radius 1 is 0.897 bits per heavy atom. The highest BCUT2D eigenvalue weighted by molar-refractivity contribution is 5.80. The van der Waals surface area contributed by atoms with E-state index >= 15 is 0 Å². The molecule has 29 heavy (non-hydrogen) atoms. The lowest BCUT2D eigenvalue weighted by atomic mass is 9.79. The second kappa shape index (κ2) is 16.2. The quantitative estimate of drug-likeness (QED) is 0.321. The zero-order valence-electron chi connectivity index (χ0n) is 18.8. The van der Waals surface area contributed by atoms with Crippen molar-refractivity contribution in [1.29, 1.82) is 0 Å². The topological polar surface area (TPSA) is 101 Å². The van der Waals surface area contributed by atoms with Gasteiger partial charge in [-0.3, -0.25) is 14.4 Å². The summed E-state index contributed by atoms with van der Waals surface area (Å²) >= 11 is 0. The van der Waals surface area contributed by atoms with Gasteiger partial charge >= 0.3 is 17.9 Å². The van der Waals surface area contributed by atoms with E-state index in [1.807, 2.05) is 0 Å². The second-order valence-corrected chi connectivity index (χ2v) is 8.48. The Morgan fingerprint density at radius 3 is 1.86 bits per heavy atom. The Morgan fingerprint density at radius 2 is 1.45 bits per heavy atom. The van der Waals surface area contributed by atoms with Gasteiger partial charge in [-0.05, 0) is 38.0 Å². The molecule has 0 amide bonds. The third kappa shape index (κ3) is 12.6. The Balaban J connectivity index is 0.000000571. The third-order valence-electron chi connectivity index (χ3n) is 5.56. The number of unbranched alkanes of at least 4 members (excludes halogenated alkanes) is 3. The summed E-state index contributed by atoms with van der Waals surface area (Å²) < 4.78 is 5.33. The van der Waals surface area contributed by atoms with Crippen molar-refractivity contribution in [3.8, 4) is 0 Å². The molecule has 3 unspecified atom stereocenters. The molecule has 6 heteroatoms. The van der Waals surface area contributed by atoms with Crippen LogP contribution in [-0.4, -0.2) is 34.7 Å². The summed E-state index contributed by atoms with van der Waals surface area (Å²) in [6, 6.07) is 0. The van der Waals surface area contributed by atoms with Crippen molar-refractivity contribution >= 4 is 17.9 Å². The van der Waals surface area contributed by atoms with Gasteiger partial charge in [0, 0.05) is 0 Å². The maximum atomic E-state index is 11.8. The van der Waals surface area contributed by atoms with Gasteiger partial charge in [0.15, 0.2) is 0 Å². The highest BCUT2D eigenvalue weighted by atomic mass is 16.5. The lowest BCUT2D eigenvalue weighted by molar-refractivity contribution is -0.155. The van der Waals surface area contributed by atoms with Crippen LogP contribution in [0.5, 0.6) is 0 Å². The summed E-state index contributed by atoms with van der Waals surface area (Å²) in [5.74, 6) is -2.48.